The number of rotatable bonds is 4. The number of ether oxygens (including phenoxy) is 1. The number of halogens is 3. The maximum Gasteiger partial charge on any atom is 0.523 e. The molecule has 0 aromatic carbocycles. The van der Waals surface area contributed by atoms with Gasteiger partial charge in [-0.25, -0.2) is 0 Å². The van der Waals surface area contributed by atoms with Crippen molar-refractivity contribution < 1.29 is 35.6 Å². The van der Waals surface area contributed by atoms with E-state index < -0.39 is 34.4 Å². The molecule has 0 spiro atoms. The normalized spacial score (nSPS) is 27.2. The minimum atomic E-state index is -5.55. The van der Waals surface area contributed by atoms with Gasteiger partial charge in [-0.15, -0.1) is 0 Å². The van der Waals surface area contributed by atoms with Gasteiger partial charge in [-0.3, -0.25) is 4.18 Å². The second-order valence-corrected chi connectivity index (χ2v) is 4.93. The summed E-state index contributed by atoms with van der Waals surface area (Å²) in [5, 5.41) is 8.68. The molecule has 1 saturated heterocycles. The van der Waals surface area contributed by atoms with Gasteiger partial charge in [-0.1, -0.05) is 0 Å². The van der Waals surface area contributed by atoms with Crippen molar-refractivity contribution in [3.05, 3.63) is 0 Å². The molecule has 2 atom stereocenters. The number of hydrogen-bond acceptors (Lipinski definition) is 5. The quantitative estimate of drug-likeness (QED) is 0.587. The van der Waals surface area contributed by atoms with Gasteiger partial charge in [0.25, 0.3) is 0 Å². The van der Waals surface area contributed by atoms with Crippen LogP contribution in [0.5, 0.6) is 0 Å². The fourth-order valence-electron chi connectivity index (χ4n) is 1.27. The molecular formula is C7H11F3O5S. The summed E-state index contributed by atoms with van der Waals surface area (Å²) in [5.41, 5.74) is -5.41. The molecule has 0 amide bonds. The van der Waals surface area contributed by atoms with E-state index in [0.717, 1.165) is 0 Å². The fourth-order valence-corrected chi connectivity index (χ4v) is 1.73. The average molecular weight is 264 g/mol. The zero-order valence-corrected chi connectivity index (χ0v) is 8.92. The Morgan fingerprint density at radius 1 is 1.31 bits per heavy atom. The predicted octanol–water partition coefficient (Wildman–Crippen LogP) is 0.393. The highest BCUT2D eigenvalue weighted by Gasteiger charge is 2.47. The lowest BCUT2D eigenvalue weighted by Gasteiger charge is -2.13. The van der Waals surface area contributed by atoms with Crippen LogP contribution >= 0.6 is 0 Å². The van der Waals surface area contributed by atoms with Crippen LogP contribution in [0.2, 0.25) is 0 Å². The van der Waals surface area contributed by atoms with E-state index in [-0.39, 0.29) is 6.61 Å². The van der Waals surface area contributed by atoms with Crippen LogP contribution in [0, 0.1) is 0 Å². The molecular weight excluding hydrogens is 253 g/mol. The zero-order valence-electron chi connectivity index (χ0n) is 8.11. The van der Waals surface area contributed by atoms with Gasteiger partial charge in [0.1, 0.15) is 0 Å². The van der Waals surface area contributed by atoms with Crippen LogP contribution in [0.15, 0.2) is 0 Å². The molecule has 0 aromatic heterocycles. The highest BCUT2D eigenvalue weighted by atomic mass is 32.2. The van der Waals surface area contributed by atoms with Crippen LogP contribution in [-0.4, -0.2) is 44.5 Å². The van der Waals surface area contributed by atoms with Crippen LogP contribution in [0.25, 0.3) is 0 Å². The first kappa shape index (κ1) is 13.7. The van der Waals surface area contributed by atoms with Gasteiger partial charge in [-0.2, -0.15) is 21.6 Å². The van der Waals surface area contributed by atoms with Crippen molar-refractivity contribution in [3.63, 3.8) is 0 Å². The first-order valence-electron chi connectivity index (χ1n) is 4.48. The molecule has 96 valence electrons. The lowest BCUT2D eigenvalue weighted by Crippen LogP contribution is -2.29. The van der Waals surface area contributed by atoms with E-state index in [9.17, 15) is 21.6 Å². The van der Waals surface area contributed by atoms with Crippen molar-refractivity contribution in [2.24, 2.45) is 0 Å². The molecule has 1 aliphatic rings. The van der Waals surface area contributed by atoms with Crippen molar-refractivity contribution >= 4 is 10.1 Å². The lowest BCUT2D eigenvalue weighted by molar-refractivity contribution is -0.0596. The minimum Gasteiger partial charge on any atom is -0.394 e. The Balaban J connectivity index is 2.42. The Morgan fingerprint density at radius 2 is 1.88 bits per heavy atom. The molecule has 1 aliphatic heterocycles. The highest BCUT2D eigenvalue weighted by Crippen LogP contribution is 2.26. The van der Waals surface area contributed by atoms with Crippen LogP contribution in [0.1, 0.15) is 12.8 Å². The van der Waals surface area contributed by atoms with E-state index in [1.807, 2.05) is 0 Å². The standard InChI is InChI=1S/C7H11F3O5S/c8-7(9,10)16(12,13)14-4-6-2-1-5(3-11)15-6/h5-6,11H,1-4H2. The summed E-state index contributed by atoms with van der Waals surface area (Å²) >= 11 is 0. The van der Waals surface area contributed by atoms with Gasteiger partial charge < -0.3 is 9.84 Å². The molecule has 0 radical (unpaired) electrons. The summed E-state index contributed by atoms with van der Waals surface area (Å²) in [5.74, 6) is 0. The molecule has 0 aromatic rings. The second kappa shape index (κ2) is 4.86. The zero-order chi connectivity index (χ0) is 12.4. The summed E-state index contributed by atoms with van der Waals surface area (Å²) < 4.78 is 65.4. The van der Waals surface area contributed by atoms with Gasteiger partial charge in [0.05, 0.1) is 25.4 Å². The van der Waals surface area contributed by atoms with E-state index in [4.69, 9.17) is 9.84 Å². The topological polar surface area (TPSA) is 72.8 Å². The fraction of sp³-hybridized carbons (Fsp3) is 1.00. The van der Waals surface area contributed by atoms with Crippen LogP contribution in [-0.2, 0) is 19.0 Å². The molecule has 1 rings (SSSR count). The van der Waals surface area contributed by atoms with Crippen molar-refractivity contribution in [1.29, 1.82) is 0 Å². The third-order valence-corrected chi connectivity index (χ3v) is 3.11. The second-order valence-electron chi connectivity index (χ2n) is 3.32. The lowest BCUT2D eigenvalue weighted by atomic mass is 10.2. The smallest absolute Gasteiger partial charge is 0.394 e. The average Bonchev–Trinajstić information content (AvgIpc) is 2.60. The van der Waals surface area contributed by atoms with Gasteiger partial charge >= 0.3 is 15.6 Å². The van der Waals surface area contributed by atoms with Crippen LogP contribution in [0.3, 0.4) is 0 Å². The Bertz CT molecular complexity index is 325. The SMILES string of the molecule is O=S(=O)(OCC1CCC(CO)O1)C(F)(F)F. The number of hydrogen-bond donors (Lipinski definition) is 1. The molecule has 0 bridgehead atoms. The summed E-state index contributed by atoms with van der Waals surface area (Å²) in [7, 11) is -5.55. The summed E-state index contributed by atoms with van der Waals surface area (Å²) in [6, 6.07) is 0. The van der Waals surface area contributed by atoms with Crippen LogP contribution < -0.4 is 0 Å². The third-order valence-electron chi connectivity index (χ3n) is 2.09. The Morgan fingerprint density at radius 3 is 2.31 bits per heavy atom. The molecule has 1 N–H and O–H groups in total. The molecule has 1 fully saturated rings. The Kier molecular flexibility index (Phi) is 4.16. The first-order valence-corrected chi connectivity index (χ1v) is 5.89. The van der Waals surface area contributed by atoms with E-state index in [0.29, 0.717) is 12.8 Å². The molecule has 16 heavy (non-hydrogen) atoms. The Hall–Kier alpha value is -0.380. The summed E-state index contributed by atoms with van der Waals surface area (Å²) in [6.45, 7) is -0.930. The third kappa shape index (κ3) is 3.30. The van der Waals surface area contributed by atoms with Crippen molar-refractivity contribution in [2.45, 2.75) is 30.6 Å². The number of aliphatic hydroxyl groups is 1. The maximum absolute atomic E-state index is 11.9. The van der Waals surface area contributed by atoms with Gasteiger partial charge in [0, 0.05) is 0 Å². The molecule has 1 heterocycles. The molecule has 0 saturated carbocycles. The summed E-state index contributed by atoms with van der Waals surface area (Å²) in [6.07, 6.45) is -0.355. The van der Waals surface area contributed by atoms with Crippen molar-refractivity contribution in [3.8, 4) is 0 Å². The highest BCUT2D eigenvalue weighted by molar-refractivity contribution is 7.87. The van der Waals surface area contributed by atoms with Crippen molar-refractivity contribution in [2.75, 3.05) is 13.2 Å². The monoisotopic (exact) mass is 264 g/mol. The number of aliphatic hydroxyl groups excluding tert-OH is 1. The van der Waals surface area contributed by atoms with E-state index in [2.05, 4.69) is 4.18 Å². The van der Waals surface area contributed by atoms with Gasteiger partial charge in [-0.05, 0) is 12.8 Å². The van der Waals surface area contributed by atoms with E-state index >= 15 is 0 Å². The Labute approximate surface area is 90.3 Å². The number of alkyl halides is 3. The maximum atomic E-state index is 11.9. The largest absolute Gasteiger partial charge is 0.523 e. The van der Waals surface area contributed by atoms with E-state index in [1.165, 1.54) is 0 Å². The van der Waals surface area contributed by atoms with E-state index in [1.54, 1.807) is 0 Å². The van der Waals surface area contributed by atoms with Gasteiger partial charge in [0.15, 0.2) is 0 Å². The minimum absolute atomic E-state index is 0.247. The molecule has 5 nitrogen and oxygen atoms in total. The molecule has 0 aliphatic carbocycles. The van der Waals surface area contributed by atoms with Gasteiger partial charge in [0.2, 0.25) is 0 Å². The van der Waals surface area contributed by atoms with Crippen molar-refractivity contribution in [1.82, 2.24) is 0 Å². The summed E-state index contributed by atoms with van der Waals surface area (Å²) in [4.78, 5) is 0. The molecule has 9 heteroatoms. The predicted molar refractivity (Wildman–Crippen MR) is 45.9 cm³/mol. The molecule has 2 unspecified atom stereocenters. The first-order chi connectivity index (χ1) is 7.26. The van der Waals surface area contributed by atoms with Crippen LogP contribution in [0.4, 0.5) is 13.2 Å².